The Morgan fingerprint density at radius 2 is 2.09 bits per heavy atom. The highest BCUT2D eigenvalue weighted by Gasteiger charge is 2.23. The number of H-pyrrole nitrogens is 2. The standard InChI is InChI=1S/C23H18FN5O3/c24-16-4-3-12(15-9-27-29-21(15)16)18-14-8-17(32-11-5-7-31-10-11)22-13(2-1-6-26-22)20(14)28-23(30)19(18)25/h1-4,6,8-9,11H,5,7,10,25H2,(H,27,29)(H,28,30)/t11-/m0/s1. The number of pyridine rings is 2. The van der Waals surface area contributed by atoms with Gasteiger partial charge in [0.2, 0.25) is 0 Å². The number of benzene rings is 2. The van der Waals surface area contributed by atoms with Gasteiger partial charge in [-0.2, -0.15) is 5.10 Å². The zero-order chi connectivity index (χ0) is 21.8. The van der Waals surface area contributed by atoms with Crippen molar-refractivity contribution in [3.05, 3.63) is 58.9 Å². The van der Waals surface area contributed by atoms with Crippen LogP contribution in [-0.4, -0.2) is 39.5 Å². The molecule has 0 aliphatic carbocycles. The number of fused-ring (bicyclic) bond motifs is 4. The lowest BCUT2D eigenvalue weighted by molar-refractivity contribution is 0.142. The largest absolute Gasteiger partial charge is 0.486 e. The highest BCUT2D eigenvalue weighted by Crippen LogP contribution is 2.40. The van der Waals surface area contributed by atoms with Gasteiger partial charge in [0.15, 0.2) is 0 Å². The summed E-state index contributed by atoms with van der Waals surface area (Å²) < 4.78 is 26.0. The molecule has 8 nitrogen and oxygen atoms in total. The van der Waals surface area contributed by atoms with E-state index in [1.165, 1.54) is 12.3 Å². The summed E-state index contributed by atoms with van der Waals surface area (Å²) in [6, 6.07) is 8.44. The van der Waals surface area contributed by atoms with Gasteiger partial charge < -0.3 is 20.2 Å². The van der Waals surface area contributed by atoms with E-state index >= 15 is 0 Å². The van der Waals surface area contributed by atoms with Crippen LogP contribution in [0.1, 0.15) is 6.42 Å². The Bertz CT molecular complexity index is 1570. The number of hydrogen-bond acceptors (Lipinski definition) is 6. The van der Waals surface area contributed by atoms with Crippen molar-refractivity contribution in [3.8, 4) is 16.9 Å². The van der Waals surface area contributed by atoms with Gasteiger partial charge >= 0.3 is 0 Å². The Kier molecular flexibility index (Phi) is 4.12. The number of ether oxygens (including phenoxy) is 2. The molecule has 6 rings (SSSR count). The van der Waals surface area contributed by atoms with Crippen molar-refractivity contribution in [1.82, 2.24) is 20.2 Å². The van der Waals surface area contributed by atoms with Gasteiger partial charge in [-0.1, -0.05) is 6.07 Å². The van der Waals surface area contributed by atoms with E-state index in [2.05, 4.69) is 20.2 Å². The quantitative estimate of drug-likeness (QED) is 0.376. The summed E-state index contributed by atoms with van der Waals surface area (Å²) in [6.07, 6.45) is 3.89. The van der Waals surface area contributed by atoms with Gasteiger partial charge in [0.25, 0.3) is 5.56 Å². The molecule has 0 radical (unpaired) electrons. The van der Waals surface area contributed by atoms with Gasteiger partial charge in [-0.05, 0) is 29.8 Å². The van der Waals surface area contributed by atoms with E-state index in [9.17, 15) is 9.18 Å². The van der Waals surface area contributed by atoms with Crippen molar-refractivity contribution in [3.63, 3.8) is 0 Å². The molecule has 4 N–H and O–H groups in total. The first-order valence-electron chi connectivity index (χ1n) is 10.2. The fraction of sp³-hybridized carbons (Fsp3) is 0.174. The zero-order valence-corrected chi connectivity index (χ0v) is 16.8. The van der Waals surface area contributed by atoms with E-state index in [-0.39, 0.29) is 17.3 Å². The third-order valence-electron chi connectivity index (χ3n) is 5.89. The van der Waals surface area contributed by atoms with Crippen molar-refractivity contribution < 1.29 is 13.9 Å². The minimum atomic E-state index is -0.436. The number of nitrogens with one attached hydrogen (secondary N) is 2. The van der Waals surface area contributed by atoms with Crippen molar-refractivity contribution >= 4 is 38.4 Å². The molecule has 4 heterocycles. The molecule has 5 aromatic rings. The monoisotopic (exact) mass is 431 g/mol. The molecule has 1 aliphatic heterocycles. The predicted molar refractivity (Wildman–Crippen MR) is 119 cm³/mol. The van der Waals surface area contributed by atoms with Gasteiger partial charge in [0.1, 0.15) is 34.4 Å². The molecule has 3 aromatic heterocycles. The summed E-state index contributed by atoms with van der Waals surface area (Å²) in [4.78, 5) is 20.2. The Morgan fingerprint density at radius 1 is 1.19 bits per heavy atom. The van der Waals surface area contributed by atoms with E-state index in [4.69, 9.17) is 15.2 Å². The molecule has 0 bridgehead atoms. The number of halogens is 1. The summed E-state index contributed by atoms with van der Waals surface area (Å²) >= 11 is 0. The molecule has 32 heavy (non-hydrogen) atoms. The molecule has 1 aliphatic rings. The van der Waals surface area contributed by atoms with Crippen LogP contribution >= 0.6 is 0 Å². The van der Waals surface area contributed by atoms with Gasteiger partial charge in [0, 0.05) is 34.3 Å². The molecule has 0 unspecified atom stereocenters. The molecule has 0 saturated carbocycles. The Balaban J connectivity index is 1.72. The lowest BCUT2D eigenvalue weighted by atomic mass is 9.95. The fourth-order valence-corrected chi connectivity index (χ4v) is 4.38. The first-order chi connectivity index (χ1) is 15.6. The lowest BCUT2D eigenvalue weighted by Crippen LogP contribution is -2.17. The molecule has 0 amide bonds. The zero-order valence-electron chi connectivity index (χ0n) is 16.8. The van der Waals surface area contributed by atoms with E-state index in [0.29, 0.717) is 51.9 Å². The molecular formula is C23H18FN5O3. The van der Waals surface area contributed by atoms with Crippen LogP contribution in [0.25, 0.3) is 43.8 Å². The van der Waals surface area contributed by atoms with Crippen LogP contribution in [-0.2, 0) is 4.74 Å². The number of aromatic amines is 2. The van der Waals surface area contributed by atoms with Crippen LogP contribution in [0.4, 0.5) is 10.1 Å². The highest BCUT2D eigenvalue weighted by molar-refractivity contribution is 6.15. The van der Waals surface area contributed by atoms with Crippen LogP contribution in [0.5, 0.6) is 5.75 Å². The molecule has 1 fully saturated rings. The Labute approximate surface area is 180 Å². The summed E-state index contributed by atoms with van der Waals surface area (Å²) in [5.41, 5.74) is 8.44. The normalized spacial score (nSPS) is 16.3. The SMILES string of the molecule is Nc1c(-c2ccc(F)c3[nH]ncc23)c2cc(O[C@H]3CCOC3)c3ncccc3c2[nH]c1=O. The molecule has 9 heteroatoms. The average Bonchev–Trinajstić information content (AvgIpc) is 3.49. The maximum atomic E-state index is 14.3. The number of anilines is 1. The van der Waals surface area contributed by atoms with Crippen LogP contribution in [0.2, 0.25) is 0 Å². The Hall–Kier alpha value is -3.98. The molecule has 1 saturated heterocycles. The van der Waals surface area contributed by atoms with Gasteiger partial charge in [-0.25, -0.2) is 4.39 Å². The van der Waals surface area contributed by atoms with E-state index in [1.807, 2.05) is 12.1 Å². The number of nitrogens with zero attached hydrogens (tertiary/aromatic N) is 2. The first kappa shape index (κ1) is 18.8. The average molecular weight is 431 g/mol. The summed E-state index contributed by atoms with van der Waals surface area (Å²) in [5.74, 6) is 0.135. The maximum Gasteiger partial charge on any atom is 0.272 e. The van der Waals surface area contributed by atoms with Crippen LogP contribution in [0, 0.1) is 5.82 Å². The third-order valence-corrected chi connectivity index (χ3v) is 5.89. The predicted octanol–water partition coefficient (Wildman–Crippen LogP) is 3.51. The van der Waals surface area contributed by atoms with Gasteiger partial charge in [-0.15, -0.1) is 0 Å². The summed E-state index contributed by atoms with van der Waals surface area (Å²) in [6.45, 7) is 1.14. The molecule has 1 atom stereocenters. The molecular weight excluding hydrogens is 413 g/mol. The van der Waals surface area contributed by atoms with Crippen molar-refractivity contribution in [2.24, 2.45) is 0 Å². The number of nitrogen functional groups attached to an aromatic ring is 1. The molecule has 160 valence electrons. The third kappa shape index (κ3) is 2.75. The number of nitrogens with two attached hydrogens (primary N) is 1. The van der Waals surface area contributed by atoms with Crippen molar-refractivity contribution in [1.29, 1.82) is 0 Å². The Morgan fingerprint density at radius 3 is 2.94 bits per heavy atom. The van der Waals surface area contributed by atoms with Crippen molar-refractivity contribution in [2.75, 3.05) is 18.9 Å². The van der Waals surface area contributed by atoms with Crippen LogP contribution < -0.4 is 16.0 Å². The topological polar surface area (TPSA) is 119 Å². The second kappa shape index (κ2) is 7.03. The number of rotatable bonds is 3. The smallest absolute Gasteiger partial charge is 0.272 e. The summed E-state index contributed by atoms with van der Waals surface area (Å²) in [5, 5.41) is 8.57. The molecule has 2 aromatic carbocycles. The second-order valence-electron chi connectivity index (χ2n) is 7.80. The number of hydrogen-bond donors (Lipinski definition) is 3. The van der Waals surface area contributed by atoms with Crippen LogP contribution in [0.15, 0.2) is 47.5 Å². The van der Waals surface area contributed by atoms with Crippen LogP contribution in [0.3, 0.4) is 0 Å². The maximum absolute atomic E-state index is 14.3. The first-order valence-corrected chi connectivity index (χ1v) is 10.2. The lowest BCUT2D eigenvalue weighted by Gasteiger charge is -2.17. The number of aromatic nitrogens is 4. The second-order valence-corrected chi connectivity index (χ2v) is 7.80. The van der Waals surface area contributed by atoms with E-state index in [1.54, 1.807) is 18.3 Å². The van der Waals surface area contributed by atoms with Gasteiger partial charge in [0.05, 0.1) is 24.9 Å². The minimum absolute atomic E-state index is 0.0324. The van der Waals surface area contributed by atoms with Gasteiger partial charge in [-0.3, -0.25) is 14.9 Å². The molecule has 0 spiro atoms. The highest BCUT2D eigenvalue weighted by atomic mass is 19.1. The fourth-order valence-electron chi connectivity index (χ4n) is 4.38. The minimum Gasteiger partial charge on any atom is -0.486 e. The summed E-state index contributed by atoms with van der Waals surface area (Å²) in [7, 11) is 0. The van der Waals surface area contributed by atoms with E-state index in [0.717, 1.165) is 11.8 Å². The van der Waals surface area contributed by atoms with Crippen molar-refractivity contribution in [2.45, 2.75) is 12.5 Å². The van der Waals surface area contributed by atoms with E-state index < -0.39 is 11.4 Å².